The Balaban J connectivity index is 1.91. The van der Waals surface area contributed by atoms with E-state index < -0.39 is 10.0 Å². The fourth-order valence-electron chi connectivity index (χ4n) is 3.01. The summed E-state index contributed by atoms with van der Waals surface area (Å²) in [6, 6.07) is 12.6. The van der Waals surface area contributed by atoms with Crippen molar-refractivity contribution in [3.63, 3.8) is 0 Å². The van der Waals surface area contributed by atoms with Gasteiger partial charge in [0.15, 0.2) is 5.13 Å². The molecule has 3 aromatic rings. The highest BCUT2D eigenvalue weighted by Crippen LogP contribution is 2.44. The smallest absolute Gasteiger partial charge is 0.264 e. The fraction of sp³-hybridized carbons (Fsp3) is 0.167. The van der Waals surface area contributed by atoms with Crippen molar-refractivity contribution in [1.29, 1.82) is 0 Å². The lowest BCUT2D eigenvalue weighted by Gasteiger charge is -2.30. The van der Waals surface area contributed by atoms with Gasteiger partial charge in [0.25, 0.3) is 10.0 Å². The lowest BCUT2D eigenvalue weighted by Crippen LogP contribution is -2.32. The number of benzene rings is 2. The minimum absolute atomic E-state index is 0.246. The summed E-state index contributed by atoms with van der Waals surface area (Å²) in [6.07, 6.45) is 0. The summed E-state index contributed by atoms with van der Waals surface area (Å²) < 4.78 is 27.9. The third-order valence-corrected chi connectivity index (χ3v) is 6.93. The van der Waals surface area contributed by atoms with Crippen LogP contribution in [0.2, 0.25) is 0 Å². The standard InChI is InChI=1S/C18H17N3O2S2/c1-11-3-6-13(7-4-11)25(22,23)21-10-16-17(20-18(19)24-16)14-9-12(2)5-8-15(14)21/h3-9H,10H2,1-2H3,(H2,19,20). The number of sulfonamides is 1. The first-order valence-corrected chi connectivity index (χ1v) is 10.1. The van der Waals surface area contributed by atoms with Crippen LogP contribution in [0.15, 0.2) is 47.4 Å². The van der Waals surface area contributed by atoms with Crippen LogP contribution in [0.3, 0.4) is 0 Å². The van der Waals surface area contributed by atoms with Crippen LogP contribution in [0.1, 0.15) is 16.0 Å². The Hall–Kier alpha value is -2.38. The molecule has 128 valence electrons. The van der Waals surface area contributed by atoms with E-state index in [2.05, 4.69) is 4.98 Å². The first-order valence-electron chi connectivity index (χ1n) is 7.82. The minimum Gasteiger partial charge on any atom is -0.375 e. The number of thiazole rings is 1. The number of nitrogen functional groups attached to an aromatic ring is 1. The van der Waals surface area contributed by atoms with Gasteiger partial charge in [-0.25, -0.2) is 13.4 Å². The first-order chi connectivity index (χ1) is 11.9. The molecule has 0 aliphatic carbocycles. The summed E-state index contributed by atoms with van der Waals surface area (Å²) in [4.78, 5) is 5.56. The van der Waals surface area contributed by atoms with Crippen molar-refractivity contribution < 1.29 is 8.42 Å². The molecule has 0 radical (unpaired) electrons. The molecule has 25 heavy (non-hydrogen) atoms. The maximum absolute atomic E-state index is 13.2. The molecule has 2 N–H and O–H groups in total. The van der Waals surface area contributed by atoms with Gasteiger partial charge in [0, 0.05) is 5.56 Å². The second-order valence-electron chi connectivity index (χ2n) is 6.17. The lowest BCUT2D eigenvalue weighted by atomic mass is 10.0. The third-order valence-electron chi connectivity index (χ3n) is 4.29. The van der Waals surface area contributed by atoms with Crippen molar-refractivity contribution in [3.05, 3.63) is 58.5 Å². The number of nitrogens with zero attached hydrogens (tertiary/aromatic N) is 2. The van der Waals surface area contributed by atoms with Crippen LogP contribution in [-0.2, 0) is 16.6 Å². The van der Waals surface area contributed by atoms with Gasteiger partial charge in [-0.2, -0.15) is 0 Å². The van der Waals surface area contributed by atoms with Gasteiger partial charge in [-0.15, -0.1) is 0 Å². The Morgan fingerprint density at radius 1 is 1.08 bits per heavy atom. The average molecular weight is 371 g/mol. The number of aryl methyl sites for hydroxylation is 2. The quantitative estimate of drug-likeness (QED) is 0.745. The van der Waals surface area contributed by atoms with Crippen LogP contribution < -0.4 is 10.0 Å². The van der Waals surface area contributed by atoms with E-state index in [9.17, 15) is 8.42 Å². The number of hydrogen-bond acceptors (Lipinski definition) is 5. The molecule has 0 saturated heterocycles. The zero-order chi connectivity index (χ0) is 17.8. The molecule has 1 aliphatic heterocycles. The summed E-state index contributed by atoms with van der Waals surface area (Å²) in [5.74, 6) is 0. The van der Waals surface area contributed by atoms with Gasteiger partial charge in [0.05, 0.1) is 27.7 Å². The number of fused-ring (bicyclic) bond motifs is 3. The van der Waals surface area contributed by atoms with Gasteiger partial charge in [-0.1, -0.05) is 40.7 Å². The van der Waals surface area contributed by atoms with Gasteiger partial charge in [0.2, 0.25) is 0 Å². The highest BCUT2D eigenvalue weighted by atomic mass is 32.2. The molecule has 0 fully saturated rings. The van der Waals surface area contributed by atoms with Crippen molar-refractivity contribution in [2.75, 3.05) is 10.0 Å². The zero-order valence-corrected chi connectivity index (χ0v) is 15.5. The number of anilines is 2. The SMILES string of the molecule is Cc1ccc(S(=O)(=O)N2Cc3sc(N)nc3-c3cc(C)ccc32)cc1. The number of nitrogens with two attached hydrogens (primary N) is 1. The third kappa shape index (κ3) is 2.60. The van der Waals surface area contributed by atoms with E-state index in [4.69, 9.17) is 5.73 Å². The van der Waals surface area contributed by atoms with Gasteiger partial charge in [0.1, 0.15) is 0 Å². The zero-order valence-electron chi connectivity index (χ0n) is 13.9. The van der Waals surface area contributed by atoms with Crippen molar-refractivity contribution >= 4 is 32.2 Å². The monoisotopic (exact) mass is 371 g/mol. The Morgan fingerprint density at radius 3 is 2.48 bits per heavy atom. The van der Waals surface area contributed by atoms with Crippen molar-refractivity contribution in [1.82, 2.24) is 4.98 Å². The Labute approximate surface area is 150 Å². The molecule has 0 unspecified atom stereocenters. The molecule has 5 nitrogen and oxygen atoms in total. The van der Waals surface area contributed by atoms with Crippen LogP contribution in [0.5, 0.6) is 0 Å². The van der Waals surface area contributed by atoms with Crippen molar-refractivity contribution in [2.45, 2.75) is 25.3 Å². The topological polar surface area (TPSA) is 76.3 Å². The van der Waals surface area contributed by atoms with E-state index in [1.807, 2.05) is 44.2 Å². The molecule has 2 aromatic carbocycles. The van der Waals surface area contributed by atoms with E-state index in [1.165, 1.54) is 15.6 Å². The highest BCUT2D eigenvalue weighted by molar-refractivity contribution is 7.92. The number of rotatable bonds is 2. The fourth-order valence-corrected chi connectivity index (χ4v) is 5.38. The second kappa shape index (κ2) is 5.57. The Kier molecular flexibility index (Phi) is 3.59. The van der Waals surface area contributed by atoms with Gasteiger partial charge >= 0.3 is 0 Å². The molecular formula is C18H17N3O2S2. The van der Waals surface area contributed by atoms with Crippen LogP contribution in [0.25, 0.3) is 11.3 Å². The summed E-state index contributed by atoms with van der Waals surface area (Å²) in [5.41, 5.74) is 10.2. The minimum atomic E-state index is -3.67. The number of hydrogen-bond donors (Lipinski definition) is 1. The molecule has 0 atom stereocenters. The van der Waals surface area contributed by atoms with E-state index >= 15 is 0 Å². The Bertz CT molecular complexity index is 1070. The molecular weight excluding hydrogens is 354 g/mol. The van der Waals surface area contributed by atoms with Crippen LogP contribution in [0.4, 0.5) is 10.8 Å². The maximum atomic E-state index is 13.2. The van der Waals surface area contributed by atoms with E-state index in [0.29, 0.717) is 10.8 Å². The molecule has 0 saturated carbocycles. The van der Waals surface area contributed by atoms with Gasteiger partial charge < -0.3 is 5.73 Å². The largest absolute Gasteiger partial charge is 0.375 e. The lowest BCUT2D eigenvalue weighted by molar-refractivity contribution is 0.590. The first kappa shape index (κ1) is 16.1. The Morgan fingerprint density at radius 2 is 1.76 bits per heavy atom. The van der Waals surface area contributed by atoms with E-state index in [1.54, 1.807) is 12.1 Å². The average Bonchev–Trinajstić information content (AvgIpc) is 2.95. The van der Waals surface area contributed by atoms with Gasteiger partial charge in [-0.05, 0) is 38.1 Å². The summed E-state index contributed by atoms with van der Waals surface area (Å²) in [6.45, 7) is 4.15. The molecule has 1 aliphatic rings. The van der Waals surface area contributed by atoms with Gasteiger partial charge in [-0.3, -0.25) is 4.31 Å². The molecule has 0 bridgehead atoms. The number of aromatic nitrogens is 1. The van der Waals surface area contributed by atoms with E-state index in [-0.39, 0.29) is 11.4 Å². The molecule has 0 spiro atoms. The van der Waals surface area contributed by atoms with Crippen LogP contribution >= 0.6 is 11.3 Å². The second-order valence-corrected chi connectivity index (χ2v) is 9.15. The molecule has 7 heteroatoms. The van der Waals surface area contributed by atoms with Crippen LogP contribution in [0, 0.1) is 13.8 Å². The highest BCUT2D eigenvalue weighted by Gasteiger charge is 2.33. The predicted molar refractivity (Wildman–Crippen MR) is 101 cm³/mol. The maximum Gasteiger partial charge on any atom is 0.264 e. The van der Waals surface area contributed by atoms with Crippen molar-refractivity contribution in [2.24, 2.45) is 0 Å². The predicted octanol–water partition coefficient (Wildman–Crippen LogP) is 3.72. The molecule has 0 amide bonds. The molecule has 2 heterocycles. The normalized spacial score (nSPS) is 13.4. The van der Waals surface area contributed by atoms with E-state index in [0.717, 1.165) is 27.3 Å². The molecule has 1 aromatic heterocycles. The summed E-state index contributed by atoms with van der Waals surface area (Å²) >= 11 is 1.34. The van der Waals surface area contributed by atoms with Crippen molar-refractivity contribution in [3.8, 4) is 11.3 Å². The van der Waals surface area contributed by atoms with Crippen LogP contribution in [-0.4, -0.2) is 13.4 Å². The summed E-state index contributed by atoms with van der Waals surface area (Å²) in [7, 11) is -3.67. The summed E-state index contributed by atoms with van der Waals surface area (Å²) in [5, 5.41) is 0.451. The molecule has 4 rings (SSSR count).